The van der Waals surface area contributed by atoms with Crippen LogP contribution in [-0.2, 0) is 16.1 Å². The van der Waals surface area contributed by atoms with Gasteiger partial charge in [0.1, 0.15) is 11.7 Å². The van der Waals surface area contributed by atoms with Crippen molar-refractivity contribution in [3.8, 4) is 0 Å². The highest BCUT2D eigenvalue weighted by Gasteiger charge is 2.13. The first-order valence-corrected chi connectivity index (χ1v) is 6.45. The van der Waals surface area contributed by atoms with Crippen LogP contribution in [0.4, 0.5) is 4.39 Å². The Kier molecular flexibility index (Phi) is 6.29. The highest BCUT2D eigenvalue weighted by atomic mass is 35.5. The van der Waals surface area contributed by atoms with Gasteiger partial charge in [0.15, 0.2) is 0 Å². The summed E-state index contributed by atoms with van der Waals surface area (Å²) in [5.41, 5.74) is 0.793. The van der Waals surface area contributed by atoms with Crippen LogP contribution in [0.5, 0.6) is 0 Å². The van der Waals surface area contributed by atoms with E-state index in [1.165, 1.54) is 17.0 Å². The molecule has 0 bridgehead atoms. The van der Waals surface area contributed by atoms with Crippen molar-refractivity contribution < 1.29 is 14.0 Å². The zero-order valence-electron chi connectivity index (χ0n) is 10.7. The molecule has 4 nitrogen and oxygen atoms in total. The largest absolute Gasteiger partial charge is 0.350 e. The maximum Gasteiger partial charge on any atom is 0.239 e. The second-order valence-corrected chi connectivity index (χ2v) is 4.21. The van der Waals surface area contributed by atoms with Gasteiger partial charge in [0.2, 0.25) is 11.8 Å². The van der Waals surface area contributed by atoms with E-state index in [0.717, 1.165) is 5.56 Å². The third-order valence-corrected chi connectivity index (χ3v) is 2.81. The minimum atomic E-state index is -0.319. The van der Waals surface area contributed by atoms with Gasteiger partial charge in [-0.1, -0.05) is 12.1 Å². The van der Waals surface area contributed by atoms with Crippen LogP contribution in [0.1, 0.15) is 12.5 Å². The molecule has 0 aliphatic carbocycles. The minimum absolute atomic E-state index is 0.0246. The molecule has 0 saturated heterocycles. The van der Waals surface area contributed by atoms with Crippen LogP contribution in [0.2, 0.25) is 0 Å². The number of amides is 2. The monoisotopic (exact) mass is 286 g/mol. The molecule has 6 heteroatoms. The number of nitrogens with one attached hydrogen (secondary N) is 1. The molecule has 19 heavy (non-hydrogen) atoms. The predicted molar refractivity (Wildman–Crippen MR) is 71.2 cm³/mol. The molecule has 0 heterocycles. The lowest BCUT2D eigenvalue weighted by Gasteiger charge is -2.19. The summed E-state index contributed by atoms with van der Waals surface area (Å²) < 4.78 is 12.7. The molecule has 0 aliphatic heterocycles. The minimum Gasteiger partial charge on any atom is -0.350 e. The summed E-state index contributed by atoms with van der Waals surface area (Å²) >= 11 is 5.44. The fourth-order valence-electron chi connectivity index (χ4n) is 1.49. The van der Waals surface area contributed by atoms with Crippen LogP contribution in [0, 0.1) is 5.82 Å². The van der Waals surface area contributed by atoms with Crippen molar-refractivity contribution in [3.05, 3.63) is 35.6 Å². The number of halogens is 2. The van der Waals surface area contributed by atoms with Gasteiger partial charge in [-0.2, -0.15) is 0 Å². The molecular formula is C13H16ClFN2O2. The normalized spacial score (nSPS) is 10.1. The van der Waals surface area contributed by atoms with Crippen LogP contribution in [-0.4, -0.2) is 35.7 Å². The Morgan fingerprint density at radius 3 is 2.47 bits per heavy atom. The highest BCUT2D eigenvalue weighted by molar-refractivity contribution is 6.27. The van der Waals surface area contributed by atoms with Gasteiger partial charge in [-0.3, -0.25) is 9.59 Å². The summed E-state index contributed by atoms with van der Waals surface area (Å²) in [6.45, 7) is 2.47. The average Bonchev–Trinajstić information content (AvgIpc) is 2.43. The van der Waals surface area contributed by atoms with Gasteiger partial charge in [0, 0.05) is 13.1 Å². The quantitative estimate of drug-likeness (QED) is 0.806. The van der Waals surface area contributed by atoms with E-state index in [-0.39, 0.29) is 30.1 Å². The first-order valence-electron chi connectivity index (χ1n) is 5.91. The van der Waals surface area contributed by atoms with Gasteiger partial charge >= 0.3 is 0 Å². The maximum absolute atomic E-state index is 12.7. The highest BCUT2D eigenvalue weighted by Crippen LogP contribution is 2.02. The zero-order valence-corrected chi connectivity index (χ0v) is 11.4. The van der Waals surface area contributed by atoms with Crippen LogP contribution < -0.4 is 5.32 Å². The molecule has 0 aliphatic rings. The van der Waals surface area contributed by atoms with E-state index in [1.807, 2.05) is 0 Å². The molecule has 1 N–H and O–H groups in total. The van der Waals surface area contributed by atoms with Gasteiger partial charge in [-0.15, -0.1) is 11.6 Å². The number of carbonyl (C=O) groups excluding carboxylic acids is 2. The molecular weight excluding hydrogens is 271 g/mol. The number of hydrogen-bond acceptors (Lipinski definition) is 2. The van der Waals surface area contributed by atoms with Crippen molar-refractivity contribution in [2.24, 2.45) is 0 Å². The lowest BCUT2D eigenvalue weighted by atomic mass is 10.2. The van der Waals surface area contributed by atoms with Gasteiger partial charge in [0.25, 0.3) is 0 Å². The molecule has 0 spiro atoms. The Hall–Kier alpha value is -1.62. The maximum atomic E-state index is 12.7. The van der Waals surface area contributed by atoms with Gasteiger partial charge < -0.3 is 10.2 Å². The number of rotatable bonds is 6. The average molecular weight is 287 g/mol. The predicted octanol–water partition coefficient (Wildman–Crippen LogP) is 1.53. The Bertz CT molecular complexity index is 437. The SMILES string of the molecule is CCN(CC(=O)NCc1ccc(F)cc1)C(=O)CCl. The summed E-state index contributed by atoms with van der Waals surface area (Å²) in [6, 6.07) is 5.85. The molecule has 0 radical (unpaired) electrons. The van der Waals surface area contributed by atoms with Gasteiger partial charge in [0.05, 0.1) is 6.54 Å². The first-order chi connectivity index (χ1) is 9.06. The smallest absolute Gasteiger partial charge is 0.239 e. The van der Waals surface area contributed by atoms with E-state index in [1.54, 1.807) is 19.1 Å². The fourth-order valence-corrected chi connectivity index (χ4v) is 1.66. The second-order valence-electron chi connectivity index (χ2n) is 3.94. The Labute approximate surface area is 116 Å². The number of hydrogen-bond donors (Lipinski definition) is 1. The van der Waals surface area contributed by atoms with E-state index in [0.29, 0.717) is 13.1 Å². The van der Waals surface area contributed by atoms with Crippen LogP contribution in [0.15, 0.2) is 24.3 Å². The van der Waals surface area contributed by atoms with Crippen molar-refractivity contribution >= 4 is 23.4 Å². The van der Waals surface area contributed by atoms with Crippen molar-refractivity contribution in [2.45, 2.75) is 13.5 Å². The second kappa shape index (κ2) is 7.74. The number of benzene rings is 1. The van der Waals surface area contributed by atoms with Crippen molar-refractivity contribution in [1.29, 1.82) is 0 Å². The van der Waals surface area contributed by atoms with Crippen molar-refractivity contribution in [3.63, 3.8) is 0 Å². The summed E-state index contributed by atoms with van der Waals surface area (Å²) in [6.07, 6.45) is 0. The Balaban J connectivity index is 2.42. The van der Waals surface area contributed by atoms with Crippen LogP contribution in [0.25, 0.3) is 0 Å². The Morgan fingerprint density at radius 1 is 1.32 bits per heavy atom. The molecule has 1 rings (SSSR count). The van der Waals surface area contributed by atoms with E-state index in [9.17, 15) is 14.0 Å². The molecule has 0 fully saturated rings. The van der Waals surface area contributed by atoms with Gasteiger partial charge in [-0.25, -0.2) is 4.39 Å². The summed E-state index contributed by atoms with van der Waals surface area (Å²) in [5, 5.41) is 2.66. The third kappa shape index (κ3) is 5.26. The van der Waals surface area contributed by atoms with Crippen molar-refractivity contribution in [1.82, 2.24) is 10.2 Å². The number of nitrogens with zero attached hydrogens (tertiary/aromatic N) is 1. The topological polar surface area (TPSA) is 49.4 Å². The fraction of sp³-hybridized carbons (Fsp3) is 0.385. The molecule has 1 aromatic carbocycles. The molecule has 0 saturated carbocycles. The van der Waals surface area contributed by atoms with E-state index in [2.05, 4.69) is 5.32 Å². The van der Waals surface area contributed by atoms with Crippen molar-refractivity contribution in [2.75, 3.05) is 19.0 Å². The molecule has 0 aromatic heterocycles. The van der Waals surface area contributed by atoms with Crippen LogP contribution >= 0.6 is 11.6 Å². The number of alkyl halides is 1. The summed E-state index contributed by atoms with van der Waals surface area (Å²) in [4.78, 5) is 24.4. The summed E-state index contributed by atoms with van der Waals surface area (Å²) in [5.74, 6) is -1.01. The molecule has 0 atom stereocenters. The molecule has 2 amide bonds. The summed E-state index contributed by atoms with van der Waals surface area (Å²) in [7, 11) is 0. The standard InChI is InChI=1S/C13H16ClFN2O2/c1-2-17(13(19)7-14)9-12(18)16-8-10-3-5-11(15)6-4-10/h3-6H,2,7-9H2,1H3,(H,16,18). The number of likely N-dealkylation sites (N-methyl/N-ethyl adjacent to an activating group) is 1. The molecule has 104 valence electrons. The number of carbonyl (C=O) groups is 2. The Morgan fingerprint density at radius 2 is 1.95 bits per heavy atom. The zero-order chi connectivity index (χ0) is 14.3. The molecule has 1 aromatic rings. The first kappa shape index (κ1) is 15.4. The van der Waals surface area contributed by atoms with E-state index in [4.69, 9.17) is 11.6 Å². The van der Waals surface area contributed by atoms with Gasteiger partial charge in [-0.05, 0) is 24.6 Å². The lowest BCUT2D eigenvalue weighted by molar-refractivity contribution is -0.133. The molecule has 0 unspecified atom stereocenters. The third-order valence-electron chi connectivity index (χ3n) is 2.59. The van der Waals surface area contributed by atoms with Crippen LogP contribution in [0.3, 0.4) is 0 Å². The van der Waals surface area contributed by atoms with E-state index >= 15 is 0 Å². The van der Waals surface area contributed by atoms with E-state index < -0.39 is 0 Å². The lowest BCUT2D eigenvalue weighted by Crippen LogP contribution is -2.40.